The molecular weight excluding hydrogens is 386 g/mol. The number of halogens is 2. The van der Waals surface area contributed by atoms with Crippen molar-refractivity contribution in [3.05, 3.63) is 95.8 Å². The average Bonchev–Trinajstić information content (AvgIpc) is 2.73. The maximum Gasteiger partial charge on any atom is 0.341 e. The number of rotatable bonds is 6. The van der Waals surface area contributed by atoms with Crippen LogP contribution in [0.25, 0.3) is 0 Å². The Morgan fingerprint density at radius 3 is 2.11 bits per heavy atom. The molecule has 1 unspecified atom stereocenters. The summed E-state index contributed by atoms with van der Waals surface area (Å²) in [5, 5.41) is 2.85. The lowest BCUT2D eigenvalue weighted by atomic mass is 10.0. The van der Waals surface area contributed by atoms with Crippen molar-refractivity contribution >= 4 is 15.7 Å². The normalized spacial score (nSPS) is 12.5. The number of alkyl halides is 2. The van der Waals surface area contributed by atoms with Crippen LogP contribution < -0.4 is 5.32 Å². The van der Waals surface area contributed by atoms with Gasteiger partial charge in [-0.25, -0.2) is 8.42 Å². The maximum atomic E-state index is 12.7. The summed E-state index contributed by atoms with van der Waals surface area (Å²) in [7, 11) is -4.70. The quantitative estimate of drug-likeness (QED) is 0.684. The van der Waals surface area contributed by atoms with Crippen molar-refractivity contribution in [3.63, 3.8) is 0 Å². The number of nitrogens with zero attached hydrogens (tertiary/aromatic N) is 1. The third-order valence-corrected chi connectivity index (χ3v) is 5.47. The fourth-order valence-electron chi connectivity index (χ4n) is 2.63. The maximum absolute atomic E-state index is 12.7. The van der Waals surface area contributed by atoms with Crippen LogP contribution in [0.5, 0.6) is 0 Å². The highest BCUT2D eigenvalue weighted by atomic mass is 32.2. The SMILES string of the molecule is O=C(NC(c1ccccc1)c1ccccn1)c1ccc(S(=O)(=O)C(F)F)cc1. The van der Waals surface area contributed by atoms with E-state index in [1.54, 1.807) is 24.4 Å². The average molecular weight is 402 g/mol. The molecule has 0 bridgehead atoms. The van der Waals surface area contributed by atoms with E-state index in [9.17, 15) is 22.0 Å². The molecule has 144 valence electrons. The molecule has 2 aromatic carbocycles. The lowest BCUT2D eigenvalue weighted by Gasteiger charge is -2.19. The predicted octanol–water partition coefficient (Wildman–Crippen LogP) is 3.60. The van der Waals surface area contributed by atoms with Crippen molar-refractivity contribution in [1.82, 2.24) is 10.3 Å². The van der Waals surface area contributed by atoms with Gasteiger partial charge < -0.3 is 5.32 Å². The summed E-state index contributed by atoms with van der Waals surface area (Å²) in [4.78, 5) is 16.4. The number of pyridine rings is 1. The first kappa shape index (κ1) is 19.6. The molecule has 0 saturated carbocycles. The molecule has 0 radical (unpaired) electrons. The van der Waals surface area contributed by atoms with Gasteiger partial charge in [-0.2, -0.15) is 8.78 Å². The molecule has 0 aliphatic rings. The Hall–Kier alpha value is -3.13. The summed E-state index contributed by atoms with van der Waals surface area (Å²) >= 11 is 0. The zero-order valence-corrected chi connectivity index (χ0v) is 15.3. The van der Waals surface area contributed by atoms with Crippen LogP contribution in [-0.2, 0) is 9.84 Å². The van der Waals surface area contributed by atoms with E-state index in [0.29, 0.717) is 5.69 Å². The molecule has 0 aliphatic carbocycles. The van der Waals surface area contributed by atoms with Crippen LogP contribution in [0.3, 0.4) is 0 Å². The fraction of sp³-hybridized carbons (Fsp3) is 0.100. The number of hydrogen-bond donors (Lipinski definition) is 1. The van der Waals surface area contributed by atoms with Crippen molar-refractivity contribution in [2.45, 2.75) is 16.7 Å². The molecule has 1 N–H and O–H groups in total. The molecular formula is C20H16F2N2O3S. The van der Waals surface area contributed by atoms with Crippen molar-refractivity contribution in [2.75, 3.05) is 0 Å². The van der Waals surface area contributed by atoms with Crippen LogP contribution in [0.2, 0.25) is 0 Å². The third-order valence-electron chi connectivity index (χ3n) is 4.07. The number of aromatic nitrogens is 1. The van der Waals surface area contributed by atoms with E-state index in [-0.39, 0.29) is 5.56 Å². The molecule has 28 heavy (non-hydrogen) atoms. The fourth-order valence-corrected chi connectivity index (χ4v) is 3.35. The Labute approximate surface area is 161 Å². The first-order chi connectivity index (χ1) is 13.4. The third kappa shape index (κ3) is 4.23. The van der Waals surface area contributed by atoms with Crippen LogP contribution in [0, 0.1) is 0 Å². The largest absolute Gasteiger partial charge is 0.341 e. The highest BCUT2D eigenvalue weighted by Gasteiger charge is 2.26. The van der Waals surface area contributed by atoms with Gasteiger partial charge in [0.15, 0.2) is 0 Å². The Balaban J connectivity index is 1.87. The molecule has 1 heterocycles. The van der Waals surface area contributed by atoms with E-state index in [4.69, 9.17) is 0 Å². The molecule has 1 atom stereocenters. The summed E-state index contributed by atoms with van der Waals surface area (Å²) in [6.07, 6.45) is 1.61. The minimum Gasteiger partial charge on any atom is -0.340 e. The van der Waals surface area contributed by atoms with Gasteiger partial charge in [0.1, 0.15) is 0 Å². The van der Waals surface area contributed by atoms with Crippen LogP contribution in [0.4, 0.5) is 8.78 Å². The van der Waals surface area contributed by atoms with Gasteiger partial charge in [0.25, 0.3) is 5.91 Å². The van der Waals surface area contributed by atoms with Gasteiger partial charge >= 0.3 is 5.76 Å². The second-order valence-electron chi connectivity index (χ2n) is 5.90. The van der Waals surface area contributed by atoms with Crippen LogP contribution in [-0.4, -0.2) is 25.1 Å². The topological polar surface area (TPSA) is 76.1 Å². The lowest BCUT2D eigenvalue weighted by Crippen LogP contribution is -2.30. The van der Waals surface area contributed by atoms with E-state index in [0.717, 1.165) is 17.7 Å². The minimum absolute atomic E-state index is 0.144. The molecule has 0 saturated heterocycles. The highest BCUT2D eigenvalue weighted by molar-refractivity contribution is 7.91. The molecule has 5 nitrogen and oxygen atoms in total. The van der Waals surface area contributed by atoms with E-state index in [1.165, 1.54) is 12.1 Å². The second kappa shape index (κ2) is 8.26. The molecule has 3 aromatic rings. The number of carbonyl (C=O) groups is 1. The Morgan fingerprint density at radius 2 is 1.54 bits per heavy atom. The monoisotopic (exact) mass is 402 g/mol. The minimum atomic E-state index is -4.70. The first-order valence-corrected chi connectivity index (χ1v) is 9.83. The number of amides is 1. The summed E-state index contributed by atoms with van der Waals surface area (Å²) in [5.41, 5.74) is 1.58. The smallest absolute Gasteiger partial charge is 0.340 e. The van der Waals surface area contributed by atoms with Crippen LogP contribution in [0.1, 0.15) is 27.7 Å². The molecule has 0 fully saturated rings. The molecule has 8 heteroatoms. The van der Waals surface area contributed by atoms with Gasteiger partial charge in [-0.05, 0) is 42.0 Å². The predicted molar refractivity (Wildman–Crippen MR) is 99.6 cm³/mol. The van der Waals surface area contributed by atoms with E-state index in [2.05, 4.69) is 10.3 Å². The molecule has 0 aliphatic heterocycles. The number of nitrogens with one attached hydrogen (secondary N) is 1. The van der Waals surface area contributed by atoms with Gasteiger partial charge in [0.2, 0.25) is 9.84 Å². The lowest BCUT2D eigenvalue weighted by molar-refractivity contribution is 0.0942. The Kier molecular flexibility index (Phi) is 5.79. The zero-order valence-electron chi connectivity index (χ0n) is 14.5. The number of hydrogen-bond acceptors (Lipinski definition) is 4. The molecule has 1 amide bonds. The Morgan fingerprint density at radius 1 is 0.893 bits per heavy atom. The van der Waals surface area contributed by atoms with Crippen LogP contribution >= 0.6 is 0 Å². The summed E-state index contributed by atoms with van der Waals surface area (Å²) in [5.74, 6) is -4.00. The highest BCUT2D eigenvalue weighted by Crippen LogP contribution is 2.22. The van der Waals surface area contributed by atoms with Gasteiger partial charge in [-0.1, -0.05) is 36.4 Å². The van der Waals surface area contributed by atoms with Crippen molar-refractivity contribution < 1.29 is 22.0 Å². The second-order valence-corrected chi connectivity index (χ2v) is 7.82. The van der Waals surface area contributed by atoms with Gasteiger partial charge in [-0.15, -0.1) is 0 Å². The number of sulfone groups is 1. The Bertz CT molecular complexity index is 1000. The summed E-state index contributed by atoms with van der Waals surface area (Å²) < 4.78 is 48.3. The first-order valence-electron chi connectivity index (χ1n) is 8.28. The number of benzene rings is 2. The van der Waals surface area contributed by atoms with Crippen molar-refractivity contribution in [1.29, 1.82) is 0 Å². The molecule has 3 rings (SSSR count). The van der Waals surface area contributed by atoms with E-state index >= 15 is 0 Å². The number of carbonyl (C=O) groups excluding carboxylic acids is 1. The van der Waals surface area contributed by atoms with E-state index < -0.39 is 32.4 Å². The van der Waals surface area contributed by atoms with Gasteiger partial charge in [0, 0.05) is 11.8 Å². The van der Waals surface area contributed by atoms with Crippen molar-refractivity contribution in [2.24, 2.45) is 0 Å². The van der Waals surface area contributed by atoms with Crippen LogP contribution in [0.15, 0.2) is 83.9 Å². The summed E-state index contributed by atoms with van der Waals surface area (Å²) in [6, 6.07) is 18.4. The van der Waals surface area contributed by atoms with E-state index in [1.807, 2.05) is 30.3 Å². The molecule has 1 aromatic heterocycles. The molecule has 0 spiro atoms. The summed E-state index contributed by atoms with van der Waals surface area (Å²) in [6.45, 7) is 0. The van der Waals surface area contributed by atoms with Gasteiger partial charge in [0.05, 0.1) is 16.6 Å². The van der Waals surface area contributed by atoms with Crippen molar-refractivity contribution in [3.8, 4) is 0 Å². The zero-order chi connectivity index (χ0) is 20.1. The standard InChI is InChI=1S/C20H16F2N2O3S/c21-20(22)28(26,27)16-11-9-15(10-12-16)19(25)24-18(14-6-2-1-3-7-14)17-8-4-5-13-23-17/h1-13,18,20H,(H,24,25). The van der Waals surface area contributed by atoms with Gasteiger partial charge in [-0.3, -0.25) is 9.78 Å².